The summed E-state index contributed by atoms with van der Waals surface area (Å²) in [5.74, 6) is 0.108. The fraction of sp³-hybridized carbons (Fsp3) is 0.812. The van der Waals surface area contributed by atoms with Crippen LogP contribution in [0.1, 0.15) is 48.5 Å². The fourth-order valence-corrected chi connectivity index (χ4v) is 1.92. The first-order valence-electron chi connectivity index (χ1n) is 8.19. The lowest BCUT2D eigenvalue weighted by molar-refractivity contribution is -0.140. The topological polar surface area (TPSA) is 91.0 Å². The van der Waals surface area contributed by atoms with E-state index in [1.54, 1.807) is 20.8 Å². The number of hydrazine groups is 2. The van der Waals surface area contributed by atoms with Gasteiger partial charge < -0.3 is 4.74 Å². The zero-order chi connectivity index (χ0) is 18.9. The Balaban J connectivity index is 4.88. The van der Waals surface area contributed by atoms with Gasteiger partial charge in [-0.1, -0.05) is 27.7 Å². The largest absolute Gasteiger partial charge is 0.443 e. The number of hydrogen-bond donors (Lipinski definition) is 2. The molecule has 0 unspecified atom stereocenters. The van der Waals surface area contributed by atoms with E-state index >= 15 is 0 Å². The Morgan fingerprint density at radius 2 is 1.62 bits per heavy atom. The van der Waals surface area contributed by atoms with Gasteiger partial charge in [-0.15, -0.1) is 0 Å². The molecule has 0 aromatic rings. The molecule has 8 nitrogen and oxygen atoms in total. The van der Waals surface area contributed by atoms with Crippen molar-refractivity contribution in [3.63, 3.8) is 0 Å². The Hall–Kier alpha value is -1.83. The molecular formula is C16H32N4O4. The first kappa shape index (κ1) is 22.2. The Morgan fingerprint density at radius 3 is 2.04 bits per heavy atom. The van der Waals surface area contributed by atoms with Gasteiger partial charge in [-0.3, -0.25) is 25.4 Å². The van der Waals surface area contributed by atoms with E-state index in [2.05, 4.69) is 10.9 Å². The average Bonchev–Trinajstić information content (AvgIpc) is 2.34. The van der Waals surface area contributed by atoms with Crippen LogP contribution in [-0.2, 0) is 14.3 Å². The zero-order valence-corrected chi connectivity index (χ0v) is 15.9. The van der Waals surface area contributed by atoms with E-state index in [1.165, 1.54) is 10.0 Å². The van der Waals surface area contributed by atoms with Gasteiger partial charge in [0.2, 0.25) is 6.41 Å². The number of rotatable bonds is 9. The van der Waals surface area contributed by atoms with Gasteiger partial charge >= 0.3 is 6.09 Å². The minimum atomic E-state index is -0.625. The van der Waals surface area contributed by atoms with Crippen LogP contribution in [0.3, 0.4) is 0 Å². The van der Waals surface area contributed by atoms with E-state index < -0.39 is 11.7 Å². The number of ether oxygens (including phenoxy) is 1. The van der Waals surface area contributed by atoms with Crippen molar-refractivity contribution in [2.75, 3.05) is 19.6 Å². The molecule has 0 saturated heterocycles. The van der Waals surface area contributed by atoms with Crippen molar-refractivity contribution >= 4 is 18.4 Å². The van der Waals surface area contributed by atoms with E-state index in [0.29, 0.717) is 19.5 Å². The normalized spacial score (nSPS) is 11.6. The monoisotopic (exact) mass is 344 g/mol. The molecule has 0 fully saturated rings. The molecular weight excluding hydrogens is 312 g/mol. The number of carbonyl (C=O) groups is 3. The third kappa shape index (κ3) is 10.8. The quantitative estimate of drug-likeness (QED) is 0.489. The molecule has 0 aliphatic heterocycles. The molecule has 0 aliphatic rings. The van der Waals surface area contributed by atoms with E-state index in [4.69, 9.17) is 4.74 Å². The minimum absolute atomic E-state index is 0.0645. The summed E-state index contributed by atoms with van der Waals surface area (Å²) in [5.41, 5.74) is 4.37. The van der Waals surface area contributed by atoms with Crippen LogP contribution in [0.15, 0.2) is 0 Å². The minimum Gasteiger partial charge on any atom is -0.443 e. The smallest absolute Gasteiger partial charge is 0.422 e. The highest BCUT2D eigenvalue weighted by Gasteiger charge is 2.23. The van der Waals surface area contributed by atoms with Gasteiger partial charge in [0.05, 0.1) is 6.54 Å². The Kier molecular flexibility index (Phi) is 9.35. The Labute approximate surface area is 144 Å². The summed E-state index contributed by atoms with van der Waals surface area (Å²) in [7, 11) is 0. The van der Waals surface area contributed by atoms with Crippen LogP contribution in [-0.4, -0.2) is 53.7 Å². The third-order valence-corrected chi connectivity index (χ3v) is 2.62. The van der Waals surface area contributed by atoms with Gasteiger partial charge in [-0.05, 0) is 32.6 Å². The molecule has 0 heterocycles. The molecule has 0 saturated carbocycles. The van der Waals surface area contributed by atoms with Crippen LogP contribution in [0.5, 0.6) is 0 Å². The molecule has 0 atom stereocenters. The number of carbonyl (C=O) groups excluding carboxylic acids is 3. The van der Waals surface area contributed by atoms with E-state index in [1.807, 2.05) is 27.7 Å². The van der Waals surface area contributed by atoms with E-state index in [-0.39, 0.29) is 24.3 Å². The van der Waals surface area contributed by atoms with Gasteiger partial charge in [-0.2, -0.15) is 0 Å². The second-order valence-corrected chi connectivity index (χ2v) is 7.53. The molecule has 0 bridgehead atoms. The van der Waals surface area contributed by atoms with E-state index in [0.717, 1.165) is 0 Å². The summed E-state index contributed by atoms with van der Waals surface area (Å²) in [4.78, 5) is 35.0. The van der Waals surface area contributed by atoms with E-state index in [9.17, 15) is 14.4 Å². The lowest BCUT2D eigenvalue weighted by Gasteiger charge is -2.29. The van der Waals surface area contributed by atoms with Crippen molar-refractivity contribution in [3.05, 3.63) is 0 Å². The summed E-state index contributed by atoms with van der Waals surface area (Å²) in [6, 6.07) is 0. The predicted molar refractivity (Wildman–Crippen MR) is 91.5 cm³/mol. The molecule has 8 heteroatoms. The standard InChI is InChI=1S/C16H32N4O4/c1-12(2)8-19(18-15(23)24-16(5,6)7)10-14(22)20(17-11-21)9-13(3)4/h11-13H,8-10H2,1-7H3,(H,17,21)(H,18,23). The summed E-state index contributed by atoms with van der Waals surface area (Å²) in [5, 5.41) is 2.75. The first-order chi connectivity index (χ1) is 10.9. The van der Waals surface area contributed by atoms with Crippen molar-refractivity contribution in [2.24, 2.45) is 11.8 Å². The van der Waals surface area contributed by atoms with Crippen molar-refractivity contribution in [1.29, 1.82) is 0 Å². The molecule has 0 spiro atoms. The lowest BCUT2D eigenvalue weighted by atomic mass is 10.2. The third-order valence-electron chi connectivity index (χ3n) is 2.62. The molecule has 0 aliphatic carbocycles. The maximum absolute atomic E-state index is 12.4. The average molecular weight is 344 g/mol. The fourth-order valence-electron chi connectivity index (χ4n) is 1.92. The molecule has 0 aromatic heterocycles. The summed E-state index contributed by atoms with van der Waals surface area (Å²) in [6.07, 6.45) is -0.149. The first-order valence-corrected chi connectivity index (χ1v) is 8.19. The Bertz CT molecular complexity index is 419. The maximum atomic E-state index is 12.4. The van der Waals surface area contributed by atoms with Gasteiger partial charge in [0.1, 0.15) is 5.60 Å². The number of hydrogen-bond acceptors (Lipinski definition) is 5. The number of amides is 3. The molecule has 0 aromatic carbocycles. The zero-order valence-electron chi connectivity index (χ0n) is 15.9. The van der Waals surface area contributed by atoms with Crippen molar-refractivity contribution < 1.29 is 19.1 Å². The number of nitrogens with zero attached hydrogens (tertiary/aromatic N) is 2. The molecule has 140 valence electrons. The SMILES string of the molecule is CC(C)CN(CC(=O)N(CC(C)C)NC=O)NC(=O)OC(C)(C)C. The number of nitrogens with one attached hydrogen (secondary N) is 2. The van der Waals surface area contributed by atoms with Crippen LogP contribution >= 0.6 is 0 Å². The highest BCUT2D eigenvalue weighted by molar-refractivity contribution is 5.79. The molecule has 0 radical (unpaired) electrons. The molecule has 24 heavy (non-hydrogen) atoms. The highest BCUT2D eigenvalue weighted by Crippen LogP contribution is 2.07. The van der Waals surface area contributed by atoms with Crippen molar-refractivity contribution in [2.45, 2.75) is 54.1 Å². The van der Waals surface area contributed by atoms with Crippen LogP contribution in [0.25, 0.3) is 0 Å². The molecule has 3 amide bonds. The van der Waals surface area contributed by atoms with Crippen LogP contribution in [0.2, 0.25) is 0 Å². The van der Waals surface area contributed by atoms with Gasteiger partial charge in [-0.25, -0.2) is 9.80 Å². The van der Waals surface area contributed by atoms with Crippen molar-refractivity contribution in [1.82, 2.24) is 20.9 Å². The van der Waals surface area contributed by atoms with Crippen molar-refractivity contribution in [3.8, 4) is 0 Å². The van der Waals surface area contributed by atoms with Crippen LogP contribution < -0.4 is 10.9 Å². The van der Waals surface area contributed by atoms with Crippen LogP contribution in [0, 0.1) is 11.8 Å². The summed E-state index contributed by atoms with van der Waals surface area (Å²) >= 11 is 0. The van der Waals surface area contributed by atoms with Gasteiger partial charge in [0.25, 0.3) is 5.91 Å². The Morgan fingerprint density at radius 1 is 1.08 bits per heavy atom. The maximum Gasteiger partial charge on any atom is 0.422 e. The lowest BCUT2D eigenvalue weighted by Crippen LogP contribution is -2.53. The predicted octanol–water partition coefficient (Wildman–Crippen LogP) is 1.53. The molecule has 0 rings (SSSR count). The van der Waals surface area contributed by atoms with Gasteiger partial charge in [0.15, 0.2) is 0 Å². The van der Waals surface area contributed by atoms with Gasteiger partial charge in [0, 0.05) is 13.1 Å². The second-order valence-electron chi connectivity index (χ2n) is 7.53. The molecule has 2 N–H and O–H groups in total. The summed E-state index contributed by atoms with van der Waals surface area (Å²) < 4.78 is 5.22. The second kappa shape index (κ2) is 10.1. The highest BCUT2D eigenvalue weighted by atomic mass is 16.6. The van der Waals surface area contributed by atoms with Crippen LogP contribution in [0.4, 0.5) is 4.79 Å². The summed E-state index contributed by atoms with van der Waals surface area (Å²) in [6.45, 7) is 13.9.